The summed E-state index contributed by atoms with van der Waals surface area (Å²) >= 11 is 1.30. The average molecular weight is 387 g/mol. The molecule has 0 atom stereocenters. The van der Waals surface area contributed by atoms with Crippen molar-refractivity contribution in [2.45, 2.75) is 0 Å². The van der Waals surface area contributed by atoms with Gasteiger partial charge in [-0.05, 0) is 44.4 Å². The molecule has 1 aliphatic rings. The number of thiazole rings is 1. The lowest BCUT2D eigenvalue weighted by molar-refractivity contribution is 0.0984. The zero-order valence-electron chi connectivity index (χ0n) is 14.9. The molecule has 0 N–H and O–H groups in total. The normalized spacial score (nSPS) is 12.7. The number of benzene rings is 2. The van der Waals surface area contributed by atoms with Crippen LogP contribution in [0.1, 0.15) is 10.4 Å². The predicted molar refractivity (Wildman–Crippen MR) is 102 cm³/mol. The lowest BCUT2D eigenvalue weighted by Gasteiger charge is -2.22. The zero-order chi connectivity index (χ0) is 19.0. The topological polar surface area (TPSA) is 54.9 Å². The van der Waals surface area contributed by atoms with E-state index in [0.29, 0.717) is 40.0 Å². The first-order chi connectivity index (χ1) is 13.0. The Kier molecular flexibility index (Phi) is 4.67. The van der Waals surface area contributed by atoms with E-state index < -0.39 is 5.82 Å². The lowest BCUT2D eigenvalue weighted by atomic mass is 10.2. The van der Waals surface area contributed by atoms with Gasteiger partial charge in [0.05, 0.1) is 4.70 Å². The Labute approximate surface area is 159 Å². The first kappa shape index (κ1) is 17.7. The third-order valence-electron chi connectivity index (χ3n) is 4.22. The van der Waals surface area contributed by atoms with Crippen molar-refractivity contribution in [1.29, 1.82) is 0 Å². The minimum Gasteiger partial charge on any atom is -0.454 e. The highest BCUT2D eigenvalue weighted by molar-refractivity contribution is 7.22. The number of fused-ring (bicyclic) bond motifs is 2. The van der Waals surface area contributed by atoms with E-state index in [-0.39, 0.29) is 18.2 Å². The number of nitrogens with zero attached hydrogens (tertiary/aromatic N) is 3. The van der Waals surface area contributed by atoms with E-state index in [9.17, 15) is 9.18 Å². The minimum absolute atomic E-state index is 0.147. The summed E-state index contributed by atoms with van der Waals surface area (Å²) in [5.41, 5.74) is 0.753. The Morgan fingerprint density at radius 2 is 2.00 bits per heavy atom. The first-order valence-corrected chi connectivity index (χ1v) is 9.26. The van der Waals surface area contributed by atoms with Crippen LogP contribution in [0.15, 0.2) is 36.4 Å². The van der Waals surface area contributed by atoms with Crippen molar-refractivity contribution < 1.29 is 18.7 Å². The number of rotatable bonds is 5. The highest BCUT2D eigenvalue weighted by Gasteiger charge is 2.24. The molecule has 4 rings (SSSR count). The Hall–Kier alpha value is -2.71. The average Bonchev–Trinajstić information content (AvgIpc) is 3.28. The predicted octanol–water partition coefficient (Wildman–Crippen LogP) is 3.37. The number of likely N-dealkylation sites (N-methyl/N-ethyl adjacent to an activating group) is 1. The number of halogens is 1. The van der Waals surface area contributed by atoms with Gasteiger partial charge in [0.25, 0.3) is 5.91 Å². The molecule has 0 bridgehead atoms. The van der Waals surface area contributed by atoms with E-state index in [0.717, 1.165) is 0 Å². The molecular formula is C19H18FN3O3S. The van der Waals surface area contributed by atoms with Crippen LogP contribution in [0, 0.1) is 5.82 Å². The van der Waals surface area contributed by atoms with Gasteiger partial charge in [-0.15, -0.1) is 0 Å². The maximum atomic E-state index is 14.1. The minimum atomic E-state index is -0.391. The van der Waals surface area contributed by atoms with Gasteiger partial charge in [0, 0.05) is 18.7 Å². The van der Waals surface area contributed by atoms with E-state index in [4.69, 9.17) is 9.47 Å². The van der Waals surface area contributed by atoms with Gasteiger partial charge in [-0.2, -0.15) is 0 Å². The van der Waals surface area contributed by atoms with Crippen molar-refractivity contribution in [2.75, 3.05) is 38.9 Å². The second kappa shape index (κ2) is 7.13. The van der Waals surface area contributed by atoms with E-state index in [1.807, 2.05) is 19.0 Å². The molecule has 0 aliphatic carbocycles. The standard InChI is InChI=1S/C19H18FN3O3S/c1-22(2)8-9-23(19-21-17-13(20)4-3-5-16(17)27-19)18(24)12-6-7-14-15(10-12)26-11-25-14/h3-7,10H,8-9,11H2,1-2H3. The van der Waals surface area contributed by atoms with E-state index in [1.165, 1.54) is 17.4 Å². The van der Waals surface area contributed by atoms with Gasteiger partial charge in [0.2, 0.25) is 6.79 Å². The van der Waals surface area contributed by atoms with Gasteiger partial charge in [0.15, 0.2) is 16.6 Å². The summed E-state index contributed by atoms with van der Waals surface area (Å²) in [5.74, 6) is 0.560. The van der Waals surface area contributed by atoms with E-state index >= 15 is 0 Å². The van der Waals surface area contributed by atoms with Crippen molar-refractivity contribution in [3.63, 3.8) is 0 Å². The van der Waals surface area contributed by atoms with Crippen LogP contribution in [-0.4, -0.2) is 49.8 Å². The summed E-state index contributed by atoms with van der Waals surface area (Å²) in [4.78, 5) is 21.2. The summed E-state index contributed by atoms with van der Waals surface area (Å²) < 4.78 is 25.4. The molecule has 140 valence electrons. The molecule has 2 aromatic carbocycles. The first-order valence-electron chi connectivity index (χ1n) is 8.44. The summed E-state index contributed by atoms with van der Waals surface area (Å²) in [5, 5.41) is 0.472. The quantitative estimate of drug-likeness (QED) is 0.672. The summed E-state index contributed by atoms with van der Waals surface area (Å²) in [6.45, 7) is 1.23. The van der Waals surface area contributed by atoms with Crippen LogP contribution >= 0.6 is 11.3 Å². The Balaban J connectivity index is 1.71. The van der Waals surface area contributed by atoms with Crippen LogP contribution < -0.4 is 14.4 Å². The number of hydrogen-bond donors (Lipinski definition) is 0. The van der Waals surface area contributed by atoms with Crippen molar-refractivity contribution in [3.8, 4) is 11.5 Å². The van der Waals surface area contributed by atoms with Crippen LogP contribution in [-0.2, 0) is 0 Å². The molecule has 0 saturated heterocycles. The molecule has 2 heterocycles. The highest BCUT2D eigenvalue weighted by atomic mass is 32.1. The number of carbonyl (C=O) groups excluding carboxylic acids is 1. The molecule has 1 aliphatic heterocycles. The molecule has 27 heavy (non-hydrogen) atoms. The third kappa shape index (κ3) is 3.45. The van der Waals surface area contributed by atoms with Crippen molar-refractivity contribution in [3.05, 3.63) is 47.8 Å². The largest absolute Gasteiger partial charge is 0.454 e. The van der Waals surface area contributed by atoms with Gasteiger partial charge < -0.3 is 14.4 Å². The van der Waals surface area contributed by atoms with Crippen molar-refractivity contribution >= 4 is 32.6 Å². The molecule has 0 fully saturated rings. The smallest absolute Gasteiger partial charge is 0.260 e. The van der Waals surface area contributed by atoms with Crippen LogP contribution in [0.2, 0.25) is 0 Å². The maximum Gasteiger partial charge on any atom is 0.260 e. The molecule has 8 heteroatoms. The Morgan fingerprint density at radius 3 is 2.78 bits per heavy atom. The van der Waals surface area contributed by atoms with Gasteiger partial charge in [-0.3, -0.25) is 9.69 Å². The SMILES string of the molecule is CN(C)CCN(C(=O)c1ccc2c(c1)OCO2)c1nc2c(F)cccc2s1. The lowest BCUT2D eigenvalue weighted by Crippen LogP contribution is -2.36. The molecule has 0 saturated carbocycles. The summed E-state index contributed by atoms with van der Waals surface area (Å²) in [7, 11) is 3.86. The second-order valence-electron chi connectivity index (χ2n) is 6.41. The fourth-order valence-corrected chi connectivity index (χ4v) is 3.79. The van der Waals surface area contributed by atoms with Gasteiger partial charge >= 0.3 is 0 Å². The molecule has 6 nitrogen and oxygen atoms in total. The van der Waals surface area contributed by atoms with Gasteiger partial charge in [-0.1, -0.05) is 17.4 Å². The monoisotopic (exact) mass is 387 g/mol. The van der Waals surface area contributed by atoms with Crippen LogP contribution in [0.4, 0.5) is 9.52 Å². The molecular weight excluding hydrogens is 369 g/mol. The van der Waals surface area contributed by atoms with Crippen LogP contribution in [0.5, 0.6) is 11.5 Å². The number of carbonyl (C=O) groups is 1. The number of ether oxygens (including phenoxy) is 2. The molecule has 1 amide bonds. The number of anilines is 1. The molecule has 0 spiro atoms. The maximum absolute atomic E-state index is 14.1. The van der Waals surface area contributed by atoms with Crippen LogP contribution in [0.3, 0.4) is 0 Å². The molecule has 0 radical (unpaired) electrons. The third-order valence-corrected chi connectivity index (χ3v) is 5.27. The number of amides is 1. The summed E-state index contributed by atoms with van der Waals surface area (Å²) in [6, 6.07) is 9.90. The van der Waals surface area contributed by atoms with Crippen molar-refractivity contribution in [1.82, 2.24) is 9.88 Å². The zero-order valence-corrected chi connectivity index (χ0v) is 15.8. The molecule has 0 unspecified atom stereocenters. The fourth-order valence-electron chi connectivity index (χ4n) is 2.79. The number of hydrogen-bond acceptors (Lipinski definition) is 6. The molecule has 1 aromatic heterocycles. The number of aromatic nitrogens is 1. The van der Waals surface area contributed by atoms with E-state index in [1.54, 1.807) is 35.2 Å². The Bertz CT molecular complexity index is 1010. The number of para-hydroxylation sites is 1. The van der Waals surface area contributed by atoms with Gasteiger partial charge in [-0.25, -0.2) is 9.37 Å². The van der Waals surface area contributed by atoms with Gasteiger partial charge in [0.1, 0.15) is 11.3 Å². The van der Waals surface area contributed by atoms with Crippen molar-refractivity contribution in [2.24, 2.45) is 0 Å². The Morgan fingerprint density at radius 1 is 1.19 bits per heavy atom. The summed E-state index contributed by atoms with van der Waals surface area (Å²) in [6.07, 6.45) is 0. The van der Waals surface area contributed by atoms with E-state index in [2.05, 4.69) is 4.98 Å². The second-order valence-corrected chi connectivity index (χ2v) is 7.42. The highest BCUT2D eigenvalue weighted by Crippen LogP contribution is 2.34. The fraction of sp³-hybridized carbons (Fsp3) is 0.263. The van der Waals surface area contributed by atoms with Crippen LogP contribution in [0.25, 0.3) is 10.2 Å². The molecule has 3 aromatic rings.